The summed E-state index contributed by atoms with van der Waals surface area (Å²) in [5.74, 6) is -1.11. The smallest absolute Gasteiger partial charge is 0.343 e. The number of rotatable bonds is 12. The average molecular weight is 666 g/mol. The molecule has 0 unspecified atom stereocenters. The fourth-order valence-corrected chi connectivity index (χ4v) is 6.45. The molecular formula is C33H33F2N5O6S. The van der Waals surface area contributed by atoms with Crippen LogP contribution in [0.15, 0.2) is 76.3 Å². The fraction of sp³-hybridized carbons (Fsp3) is 0.242. The number of carbonyl (C=O) groups is 1. The van der Waals surface area contributed by atoms with E-state index in [2.05, 4.69) is 15.6 Å². The number of halogens is 2. The lowest BCUT2D eigenvalue weighted by atomic mass is 10.1. The number of fused-ring (bicyclic) bond motifs is 1. The Morgan fingerprint density at radius 1 is 0.936 bits per heavy atom. The molecule has 0 fully saturated rings. The van der Waals surface area contributed by atoms with Crippen LogP contribution in [0.25, 0.3) is 26.3 Å². The molecule has 0 aliphatic carbocycles. The summed E-state index contributed by atoms with van der Waals surface area (Å²) >= 11 is 1.17. The second-order valence-electron chi connectivity index (χ2n) is 10.6. The van der Waals surface area contributed by atoms with Gasteiger partial charge in [-0.3, -0.25) is 19.1 Å². The molecule has 0 aliphatic rings. The number of methoxy groups -OCH3 is 2. The Labute approximate surface area is 272 Å². The highest BCUT2D eigenvalue weighted by Crippen LogP contribution is 2.38. The highest BCUT2D eigenvalue weighted by Gasteiger charge is 2.25. The summed E-state index contributed by atoms with van der Waals surface area (Å²) in [7, 11) is 6.29. The van der Waals surface area contributed by atoms with Crippen molar-refractivity contribution in [3.05, 3.63) is 110 Å². The summed E-state index contributed by atoms with van der Waals surface area (Å²) in [6.45, 7) is 0.808. The Morgan fingerprint density at radius 2 is 1.62 bits per heavy atom. The SMILES string of the molecule is COCCN(C)Cc1c(-c2ccc(NC(=O)NOC)cc2)sc2c1c(=O)n(-c1ccc(OC)cc1)c(=O)n2Cc1c(F)cccc1F. The standard InChI is InChI=1S/C33H33F2N5O6S/c1-38(16-17-44-2)18-25-28-30(41)40(22-12-14-23(45-3)15-13-22)33(43)39(19-24-26(34)6-5-7-27(24)35)31(28)47-29(25)20-8-10-21(11-9-20)36-32(42)37-46-4/h5-15H,16-19H2,1-4H3,(H2,36,37,42). The largest absolute Gasteiger partial charge is 0.497 e. The van der Waals surface area contributed by atoms with Gasteiger partial charge in [0.05, 0.1) is 38.4 Å². The van der Waals surface area contributed by atoms with E-state index in [1.165, 1.54) is 36.2 Å². The van der Waals surface area contributed by atoms with Crippen molar-refractivity contribution in [1.82, 2.24) is 19.5 Å². The van der Waals surface area contributed by atoms with E-state index >= 15 is 0 Å². The van der Waals surface area contributed by atoms with E-state index in [0.29, 0.717) is 47.1 Å². The second kappa shape index (κ2) is 14.7. The lowest BCUT2D eigenvalue weighted by molar-refractivity contribution is 0.114. The van der Waals surface area contributed by atoms with E-state index in [-0.39, 0.29) is 21.5 Å². The first-order valence-electron chi connectivity index (χ1n) is 14.4. The third-order valence-corrected chi connectivity index (χ3v) is 8.79. The number of aromatic nitrogens is 2. The van der Waals surface area contributed by atoms with Gasteiger partial charge in [0.15, 0.2) is 0 Å². The number of carbonyl (C=O) groups excluding carboxylic acids is 1. The molecule has 2 heterocycles. The van der Waals surface area contributed by atoms with Gasteiger partial charge in [0.25, 0.3) is 5.56 Å². The third kappa shape index (κ3) is 7.10. The molecule has 0 spiro atoms. The number of nitrogens with zero attached hydrogens (tertiary/aromatic N) is 3. The van der Waals surface area contributed by atoms with Crippen LogP contribution < -0.4 is 26.8 Å². The van der Waals surface area contributed by atoms with Crippen LogP contribution >= 0.6 is 11.3 Å². The normalized spacial score (nSPS) is 11.3. The lowest BCUT2D eigenvalue weighted by Gasteiger charge is -2.18. The van der Waals surface area contributed by atoms with E-state index < -0.39 is 35.5 Å². The van der Waals surface area contributed by atoms with Gasteiger partial charge in [-0.25, -0.2) is 28.4 Å². The Balaban J connectivity index is 1.79. The molecule has 0 radical (unpaired) electrons. The molecular weight excluding hydrogens is 632 g/mol. The zero-order chi connectivity index (χ0) is 33.7. The molecule has 47 heavy (non-hydrogen) atoms. The fourth-order valence-electron chi connectivity index (χ4n) is 5.14. The maximum absolute atomic E-state index is 15.0. The van der Waals surface area contributed by atoms with Crippen LogP contribution in [0, 0.1) is 11.6 Å². The number of likely N-dealkylation sites (N-methyl/N-ethyl adjacent to an activating group) is 1. The maximum Gasteiger partial charge on any atom is 0.343 e. The molecule has 246 valence electrons. The highest BCUT2D eigenvalue weighted by molar-refractivity contribution is 7.22. The number of urea groups is 1. The lowest BCUT2D eigenvalue weighted by Crippen LogP contribution is -2.39. The van der Waals surface area contributed by atoms with E-state index in [9.17, 15) is 23.2 Å². The monoisotopic (exact) mass is 665 g/mol. The molecule has 2 N–H and O–H groups in total. The minimum Gasteiger partial charge on any atom is -0.497 e. The van der Waals surface area contributed by atoms with Gasteiger partial charge >= 0.3 is 11.7 Å². The van der Waals surface area contributed by atoms with Crippen LogP contribution in [0.4, 0.5) is 19.3 Å². The quantitative estimate of drug-likeness (QED) is 0.181. The van der Waals surface area contributed by atoms with Crippen molar-refractivity contribution in [3.8, 4) is 21.9 Å². The summed E-state index contributed by atoms with van der Waals surface area (Å²) in [5, 5.41) is 2.88. The Morgan fingerprint density at radius 3 is 2.23 bits per heavy atom. The van der Waals surface area contributed by atoms with Gasteiger partial charge in [-0.1, -0.05) is 18.2 Å². The summed E-state index contributed by atoms with van der Waals surface area (Å²) in [5.41, 5.74) is 2.61. The van der Waals surface area contributed by atoms with Gasteiger partial charge in [0.2, 0.25) is 0 Å². The van der Waals surface area contributed by atoms with Gasteiger partial charge in [-0.15, -0.1) is 11.3 Å². The molecule has 0 bridgehead atoms. The Bertz CT molecular complexity index is 1990. The van der Waals surface area contributed by atoms with E-state index in [0.717, 1.165) is 16.7 Å². The van der Waals surface area contributed by atoms with Crippen LogP contribution in [-0.2, 0) is 22.7 Å². The highest BCUT2D eigenvalue weighted by atomic mass is 32.1. The zero-order valence-corrected chi connectivity index (χ0v) is 27.0. The van der Waals surface area contributed by atoms with Crippen LogP contribution in [0.1, 0.15) is 11.1 Å². The van der Waals surface area contributed by atoms with Crippen molar-refractivity contribution < 1.29 is 27.9 Å². The molecule has 0 aliphatic heterocycles. The topological polar surface area (TPSA) is 116 Å². The summed E-state index contributed by atoms with van der Waals surface area (Å²) in [6, 6.07) is 16.2. The van der Waals surface area contributed by atoms with E-state index in [4.69, 9.17) is 9.47 Å². The average Bonchev–Trinajstić information content (AvgIpc) is 3.43. The van der Waals surface area contributed by atoms with Crippen molar-refractivity contribution in [3.63, 3.8) is 0 Å². The number of amides is 2. The number of ether oxygens (including phenoxy) is 2. The van der Waals surface area contributed by atoms with Crippen molar-refractivity contribution in [1.29, 1.82) is 0 Å². The van der Waals surface area contributed by atoms with E-state index in [1.54, 1.807) is 55.6 Å². The van der Waals surface area contributed by atoms with Gasteiger partial charge in [-0.2, -0.15) is 0 Å². The molecule has 11 nitrogen and oxygen atoms in total. The summed E-state index contributed by atoms with van der Waals surface area (Å²) in [4.78, 5) is 48.1. The molecule has 5 rings (SSSR count). The Kier molecular flexibility index (Phi) is 10.5. The minimum atomic E-state index is -0.816. The van der Waals surface area contributed by atoms with Gasteiger partial charge in [0.1, 0.15) is 22.2 Å². The van der Waals surface area contributed by atoms with Crippen molar-refractivity contribution in [2.45, 2.75) is 13.1 Å². The number of hydrogen-bond donors (Lipinski definition) is 2. The Hall–Kier alpha value is -4.89. The van der Waals surface area contributed by atoms with Gasteiger partial charge in [0, 0.05) is 36.3 Å². The molecule has 3 aromatic carbocycles. The first-order chi connectivity index (χ1) is 22.7. The van der Waals surface area contributed by atoms with Gasteiger partial charge < -0.3 is 14.8 Å². The predicted molar refractivity (Wildman–Crippen MR) is 177 cm³/mol. The third-order valence-electron chi connectivity index (χ3n) is 7.49. The number of nitrogens with one attached hydrogen (secondary N) is 2. The summed E-state index contributed by atoms with van der Waals surface area (Å²) < 4.78 is 42.7. The van der Waals surface area contributed by atoms with Crippen LogP contribution in [-0.4, -0.2) is 61.6 Å². The summed E-state index contributed by atoms with van der Waals surface area (Å²) in [6.07, 6.45) is 0. The molecule has 2 amide bonds. The van der Waals surface area contributed by atoms with Crippen molar-refractivity contribution in [2.24, 2.45) is 0 Å². The molecule has 14 heteroatoms. The van der Waals surface area contributed by atoms with Crippen LogP contribution in [0.3, 0.4) is 0 Å². The predicted octanol–water partition coefficient (Wildman–Crippen LogP) is 4.98. The number of hydrogen-bond acceptors (Lipinski definition) is 8. The number of benzene rings is 3. The van der Waals surface area contributed by atoms with Crippen molar-refractivity contribution >= 4 is 33.3 Å². The van der Waals surface area contributed by atoms with E-state index in [1.807, 2.05) is 11.9 Å². The van der Waals surface area contributed by atoms with Crippen molar-refractivity contribution in [2.75, 3.05) is 46.8 Å². The second-order valence-corrected chi connectivity index (χ2v) is 11.6. The zero-order valence-electron chi connectivity index (χ0n) is 26.1. The molecule has 0 saturated heterocycles. The van der Waals surface area contributed by atoms with Crippen LogP contribution in [0.2, 0.25) is 0 Å². The van der Waals surface area contributed by atoms with Gasteiger partial charge in [-0.05, 0) is 66.7 Å². The molecule has 5 aromatic rings. The number of hydroxylamine groups is 1. The molecule has 2 aromatic heterocycles. The number of thiophene rings is 1. The first-order valence-corrected chi connectivity index (χ1v) is 15.2. The number of anilines is 1. The molecule has 0 atom stereocenters. The van der Waals surface area contributed by atoms with Crippen LogP contribution in [0.5, 0.6) is 5.75 Å². The maximum atomic E-state index is 15.0. The first kappa shape index (κ1) is 33.5. The minimum absolute atomic E-state index is 0.239. The molecule has 0 saturated carbocycles.